The summed E-state index contributed by atoms with van der Waals surface area (Å²) in [7, 11) is 3.00. The van der Waals surface area contributed by atoms with Crippen molar-refractivity contribution in [1.82, 2.24) is 10.3 Å². The van der Waals surface area contributed by atoms with Gasteiger partial charge in [0.1, 0.15) is 17.8 Å². The minimum atomic E-state index is -1.29. The summed E-state index contributed by atoms with van der Waals surface area (Å²) in [5.41, 5.74) is 1.73. The zero-order valence-corrected chi connectivity index (χ0v) is 21.9. The summed E-state index contributed by atoms with van der Waals surface area (Å²) >= 11 is 0. The fraction of sp³-hybridized carbons (Fsp3) is 0.393. The third-order valence-corrected chi connectivity index (χ3v) is 5.48. The van der Waals surface area contributed by atoms with Gasteiger partial charge in [-0.05, 0) is 38.3 Å². The molecule has 0 saturated heterocycles. The van der Waals surface area contributed by atoms with E-state index in [1.165, 1.54) is 7.11 Å². The number of likely N-dealkylation sites (N-methyl/N-ethyl adjacent to an activating group) is 1. The monoisotopic (exact) mass is 509 g/mol. The first kappa shape index (κ1) is 27.7. The summed E-state index contributed by atoms with van der Waals surface area (Å²) in [5, 5.41) is 14.1. The van der Waals surface area contributed by atoms with Crippen LogP contribution in [0.25, 0.3) is 0 Å². The number of alkyl carbamates (subject to hydrolysis) is 1. The molecule has 3 aromatic rings. The molecule has 2 atom stereocenters. The molecular formula is C28H35N3O6. The van der Waals surface area contributed by atoms with E-state index in [0.29, 0.717) is 24.4 Å². The number of nitrogens with one attached hydrogen (secondary N) is 1. The second-order valence-electron chi connectivity index (χ2n) is 9.79. The van der Waals surface area contributed by atoms with E-state index in [-0.39, 0.29) is 12.4 Å². The zero-order chi connectivity index (χ0) is 27.0. The number of ether oxygens (including phenoxy) is 2. The predicted molar refractivity (Wildman–Crippen MR) is 139 cm³/mol. The first-order valence-electron chi connectivity index (χ1n) is 12.1. The molecule has 0 aliphatic rings. The molecule has 2 aromatic carbocycles. The second-order valence-corrected chi connectivity index (χ2v) is 9.79. The Balaban J connectivity index is 1.93. The van der Waals surface area contributed by atoms with E-state index in [1.54, 1.807) is 32.7 Å². The number of aliphatic hydroxyl groups is 1. The van der Waals surface area contributed by atoms with Gasteiger partial charge in [0.25, 0.3) is 0 Å². The second kappa shape index (κ2) is 12.4. The molecule has 0 spiro atoms. The molecule has 0 bridgehead atoms. The van der Waals surface area contributed by atoms with Gasteiger partial charge >= 0.3 is 12.1 Å². The highest BCUT2D eigenvalue weighted by molar-refractivity contribution is 5.75. The lowest BCUT2D eigenvalue weighted by atomic mass is 10.0. The molecule has 1 aromatic heterocycles. The van der Waals surface area contributed by atoms with Crippen molar-refractivity contribution in [3.05, 3.63) is 83.4 Å². The summed E-state index contributed by atoms with van der Waals surface area (Å²) in [6, 6.07) is 18.3. The Kier molecular flexibility index (Phi) is 9.30. The fourth-order valence-corrected chi connectivity index (χ4v) is 3.76. The van der Waals surface area contributed by atoms with Gasteiger partial charge in [0.2, 0.25) is 11.8 Å². The molecule has 0 aliphatic heterocycles. The Morgan fingerprint density at radius 2 is 1.65 bits per heavy atom. The van der Waals surface area contributed by atoms with Gasteiger partial charge in [0.15, 0.2) is 6.10 Å². The molecule has 1 unspecified atom stereocenters. The van der Waals surface area contributed by atoms with E-state index >= 15 is 0 Å². The van der Waals surface area contributed by atoms with Crippen molar-refractivity contribution in [2.75, 3.05) is 25.6 Å². The molecule has 0 saturated carbocycles. The summed E-state index contributed by atoms with van der Waals surface area (Å²) in [6.07, 6.45) is -1.22. The van der Waals surface area contributed by atoms with Crippen molar-refractivity contribution in [3.8, 4) is 0 Å². The molecule has 2 N–H and O–H groups in total. The third-order valence-electron chi connectivity index (χ3n) is 5.48. The lowest BCUT2D eigenvalue weighted by Crippen LogP contribution is -2.43. The van der Waals surface area contributed by atoms with Gasteiger partial charge in [-0.2, -0.15) is 0 Å². The molecule has 0 radical (unpaired) electrons. The van der Waals surface area contributed by atoms with E-state index in [9.17, 15) is 14.7 Å². The SMILES string of the molecule is COC(=O)CN(C)c1oc(C(O)[C@H](Cc2ccccc2)NC(=O)OC(C)(C)C)nc1Cc1ccccc1. The smallest absolute Gasteiger partial charge is 0.407 e. The van der Waals surface area contributed by atoms with Crippen LogP contribution in [-0.2, 0) is 27.1 Å². The molecule has 1 amide bonds. The zero-order valence-electron chi connectivity index (χ0n) is 21.9. The first-order valence-corrected chi connectivity index (χ1v) is 12.1. The number of esters is 1. The van der Waals surface area contributed by atoms with Crippen LogP contribution >= 0.6 is 0 Å². The van der Waals surface area contributed by atoms with Crippen LogP contribution in [0.15, 0.2) is 65.1 Å². The first-order chi connectivity index (χ1) is 17.6. The van der Waals surface area contributed by atoms with Crippen molar-refractivity contribution in [2.24, 2.45) is 0 Å². The minimum absolute atomic E-state index is 0.0228. The maximum atomic E-state index is 12.6. The number of carbonyl (C=O) groups is 2. The van der Waals surface area contributed by atoms with Gasteiger partial charge < -0.3 is 29.2 Å². The summed E-state index contributed by atoms with van der Waals surface area (Å²) in [4.78, 5) is 30.7. The van der Waals surface area contributed by atoms with Gasteiger partial charge in [-0.25, -0.2) is 9.78 Å². The van der Waals surface area contributed by atoms with E-state index in [0.717, 1.165) is 11.1 Å². The third kappa shape index (κ3) is 8.35. The minimum Gasteiger partial charge on any atom is -0.468 e. The average Bonchev–Trinajstić information content (AvgIpc) is 3.27. The maximum absolute atomic E-state index is 12.6. The van der Waals surface area contributed by atoms with Crippen LogP contribution in [0.1, 0.15) is 49.6 Å². The average molecular weight is 510 g/mol. The quantitative estimate of drug-likeness (QED) is 0.394. The molecular weight excluding hydrogens is 474 g/mol. The van der Waals surface area contributed by atoms with Crippen LogP contribution in [0.5, 0.6) is 0 Å². The Hall–Kier alpha value is -3.85. The Labute approximate surface area is 217 Å². The molecule has 1 heterocycles. The number of nitrogens with zero attached hydrogens (tertiary/aromatic N) is 2. The van der Waals surface area contributed by atoms with E-state index in [1.807, 2.05) is 60.7 Å². The molecule has 0 aliphatic carbocycles. The van der Waals surface area contributed by atoms with Crippen LogP contribution in [0.4, 0.5) is 10.7 Å². The standard InChI is InChI=1S/C28H35N3O6/c1-28(2,3)37-27(34)30-21(16-19-12-8-6-9-13-19)24(33)25-29-22(17-20-14-10-7-11-15-20)26(36-25)31(4)18-23(32)35-5/h6-15,21,24,33H,16-18H2,1-5H3,(H,30,34)/t21-,24?/m0/s1. The highest BCUT2D eigenvalue weighted by atomic mass is 16.6. The highest BCUT2D eigenvalue weighted by Gasteiger charge is 2.31. The maximum Gasteiger partial charge on any atom is 0.407 e. The largest absolute Gasteiger partial charge is 0.468 e. The lowest BCUT2D eigenvalue weighted by molar-refractivity contribution is -0.138. The molecule has 3 rings (SSSR count). The molecule has 37 heavy (non-hydrogen) atoms. The number of benzene rings is 2. The van der Waals surface area contributed by atoms with Crippen molar-refractivity contribution < 1.29 is 28.6 Å². The van der Waals surface area contributed by atoms with E-state index < -0.39 is 29.8 Å². The fourth-order valence-electron chi connectivity index (χ4n) is 3.76. The number of anilines is 1. The van der Waals surface area contributed by atoms with Crippen LogP contribution in [0, 0.1) is 0 Å². The van der Waals surface area contributed by atoms with Crippen LogP contribution in [-0.4, -0.2) is 54.5 Å². The van der Waals surface area contributed by atoms with E-state index in [2.05, 4.69) is 10.3 Å². The van der Waals surface area contributed by atoms with Gasteiger partial charge in [-0.1, -0.05) is 60.7 Å². The number of methoxy groups -OCH3 is 1. The van der Waals surface area contributed by atoms with Gasteiger partial charge in [-0.15, -0.1) is 0 Å². The molecule has 198 valence electrons. The van der Waals surface area contributed by atoms with Crippen molar-refractivity contribution in [2.45, 2.75) is 51.4 Å². The summed E-state index contributed by atoms with van der Waals surface area (Å²) < 4.78 is 16.2. The molecule has 0 fully saturated rings. The number of aliphatic hydroxyl groups excluding tert-OH is 1. The number of amides is 1. The number of hydrogen-bond acceptors (Lipinski definition) is 8. The molecule has 9 heteroatoms. The lowest BCUT2D eigenvalue weighted by Gasteiger charge is -2.25. The Bertz CT molecular complexity index is 1160. The van der Waals surface area contributed by atoms with Gasteiger partial charge in [0, 0.05) is 13.5 Å². The van der Waals surface area contributed by atoms with Crippen molar-refractivity contribution >= 4 is 17.9 Å². The number of carbonyl (C=O) groups excluding carboxylic acids is 2. The Morgan fingerprint density at radius 3 is 2.22 bits per heavy atom. The number of oxazole rings is 1. The van der Waals surface area contributed by atoms with Gasteiger partial charge in [0.05, 0.1) is 13.2 Å². The van der Waals surface area contributed by atoms with Crippen LogP contribution < -0.4 is 10.2 Å². The van der Waals surface area contributed by atoms with E-state index in [4.69, 9.17) is 13.9 Å². The highest BCUT2D eigenvalue weighted by Crippen LogP contribution is 2.29. The number of rotatable bonds is 10. The summed E-state index contributed by atoms with van der Waals surface area (Å²) in [6.45, 7) is 5.24. The van der Waals surface area contributed by atoms with Crippen LogP contribution in [0.3, 0.4) is 0 Å². The number of hydrogen-bond donors (Lipinski definition) is 2. The topological polar surface area (TPSA) is 114 Å². The van der Waals surface area contributed by atoms with Crippen LogP contribution in [0.2, 0.25) is 0 Å². The summed E-state index contributed by atoms with van der Waals surface area (Å²) in [5.74, 6) is -0.0890. The number of aromatic nitrogens is 1. The Morgan fingerprint density at radius 1 is 1.05 bits per heavy atom. The van der Waals surface area contributed by atoms with Crippen molar-refractivity contribution in [1.29, 1.82) is 0 Å². The van der Waals surface area contributed by atoms with Crippen molar-refractivity contribution in [3.63, 3.8) is 0 Å². The normalized spacial score (nSPS) is 12.9. The molecule has 9 nitrogen and oxygen atoms in total. The predicted octanol–water partition coefficient (Wildman–Crippen LogP) is 4.04. The van der Waals surface area contributed by atoms with Gasteiger partial charge in [-0.3, -0.25) is 4.79 Å².